The number of rotatable bonds is 2. The zero-order chi connectivity index (χ0) is 20.1. The third-order valence-electron chi connectivity index (χ3n) is 14.4. The summed E-state index contributed by atoms with van der Waals surface area (Å²) in [5, 5.41) is 0. The van der Waals surface area contributed by atoms with E-state index in [0.29, 0.717) is 27.1 Å². The van der Waals surface area contributed by atoms with Crippen molar-refractivity contribution in [2.24, 2.45) is 80.3 Å². The maximum atomic E-state index is 2.80. The fourth-order valence-electron chi connectivity index (χ4n) is 12.9. The Morgan fingerprint density at radius 2 is 1.37 bits per heavy atom. The van der Waals surface area contributed by atoms with Gasteiger partial charge in [-0.15, -0.1) is 0 Å². The van der Waals surface area contributed by atoms with Crippen molar-refractivity contribution in [1.82, 2.24) is 0 Å². The molecule has 5 fully saturated rings. The smallest absolute Gasteiger partial charge is 0.0168 e. The van der Waals surface area contributed by atoms with Crippen molar-refractivity contribution < 1.29 is 0 Å². The molecule has 5 saturated carbocycles. The molecule has 0 N–H and O–H groups in total. The lowest BCUT2D eigenvalue weighted by molar-refractivity contribution is -0.421. The van der Waals surface area contributed by atoms with Crippen LogP contribution in [0.25, 0.3) is 0 Å². The summed E-state index contributed by atoms with van der Waals surface area (Å²) < 4.78 is 0. The van der Waals surface area contributed by atoms with Crippen molar-refractivity contribution in [3.63, 3.8) is 0 Å². The SMILES string of the molecule is CCC1CC(C)C2(C)C1C1C3C(C)C4C(C)C(C)(C(C)C)C4(C)C3(C)C12C. The Hall–Kier alpha value is 0. The molecule has 0 aliphatic heterocycles. The third-order valence-corrected chi connectivity index (χ3v) is 14.4. The molecule has 154 valence electrons. The van der Waals surface area contributed by atoms with E-state index in [0.717, 1.165) is 53.3 Å². The van der Waals surface area contributed by atoms with Gasteiger partial charge >= 0.3 is 0 Å². The number of hydrogen-bond donors (Lipinski definition) is 0. The average molecular weight is 371 g/mol. The van der Waals surface area contributed by atoms with E-state index in [4.69, 9.17) is 0 Å². The van der Waals surface area contributed by atoms with Crippen LogP contribution < -0.4 is 0 Å². The van der Waals surface area contributed by atoms with Crippen LogP contribution in [-0.4, -0.2) is 0 Å². The van der Waals surface area contributed by atoms with Crippen molar-refractivity contribution in [1.29, 1.82) is 0 Å². The van der Waals surface area contributed by atoms with Crippen LogP contribution in [0.3, 0.4) is 0 Å². The molecular weight excluding hydrogens is 324 g/mol. The lowest BCUT2D eigenvalue weighted by Crippen LogP contribution is -2.85. The van der Waals surface area contributed by atoms with Crippen molar-refractivity contribution in [2.45, 2.75) is 89.0 Å². The van der Waals surface area contributed by atoms with E-state index < -0.39 is 0 Å². The van der Waals surface area contributed by atoms with Gasteiger partial charge in [-0.1, -0.05) is 82.6 Å². The molecule has 0 aromatic carbocycles. The van der Waals surface area contributed by atoms with Gasteiger partial charge in [-0.05, 0) is 86.8 Å². The Bertz CT molecular complexity index is 692. The van der Waals surface area contributed by atoms with Gasteiger partial charge in [0, 0.05) is 0 Å². The van der Waals surface area contributed by atoms with Gasteiger partial charge in [0.15, 0.2) is 0 Å². The summed E-state index contributed by atoms with van der Waals surface area (Å²) in [5.41, 5.74) is 2.69. The van der Waals surface area contributed by atoms with Gasteiger partial charge in [0.05, 0.1) is 0 Å². The van der Waals surface area contributed by atoms with Crippen LogP contribution in [0.5, 0.6) is 0 Å². The third kappa shape index (κ3) is 1.28. The fraction of sp³-hybridized carbons (Fsp3) is 1.00. The second kappa shape index (κ2) is 4.67. The fourth-order valence-corrected chi connectivity index (χ4v) is 12.9. The van der Waals surface area contributed by atoms with Crippen LogP contribution in [0, 0.1) is 80.3 Å². The molecule has 0 aromatic heterocycles. The average Bonchev–Trinajstić information content (AvgIpc) is 2.93. The van der Waals surface area contributed by atoms with Gasteiger partial charge in [0.2, 0.25) is 0 Å². The molecule has 0 nitrogen and oxygen atoms in total. The monoisotopic (exact) mass is 370 g/mol. The van der Waals surface area contributed by atoms with Crippen LogP contribution in [0.1, 0.15) is 89.0 Å². The molecule has 5 aliphatic rings. The molecule has 0 heteroatoms. The molecule has 0 aromatic rings. The predicted molar refractivity (Wildman–Crippen MR) is 115 cm³/mol. The summed E-state index contributed by atoms with van der Waals surface area (Å²) in [4.78, 5) is 0. The van der Waals surface area contributed by atoms with Gasteiger partial charge < -0.3 is 0 Å². The lowest BCUT2D eigenvalue weighted by atomic mass is 9.15. The summed E-state index contributed by atoms with van der Waals surface area (Å²) in [6.07, 6.45) is 2.91. The van der Waals surface area contributed by atoms with Crippen molar-refractivity contribution in [2.75, 3.05) is 0 Å². The van der Waals surface area contributed by atoms with Gasteiger partial charge in [0.25, 0.3) is 0 Å². The lowest BCUT2D eigenvalue weighted by Gasteiger charge is -2.89. The summed E-state index contributed by atoms with van der Waals surface area (Å²) in [6, 6.07) is 0. The van der Waals surface area contributed by atoms with Crippen LogP contribution >= 0.6 is 0 Å². The molecule has 0 bridgehead atoms. The highest BCUT2D eigenvalue weighted by Gasteiger charge is 2.95. The van der Waals surface area contributed by atoms with Crippen molar-refractivity contribution in [3.05, 3.63) is 0 Å². The topological polar surface area (TPSA) is 0 Å². The van der Waals surface area contributed by atoms with E-state index in [-0.39, 0.29) is 0 Å². The second-order valence-electron chi connectivity index (χ2n) is 13.4. The minimum Gasteiger partial charge on any atom is -0.0651 e. The summed E-state index contributed by atoms with van der Waals surface area (Å²) in [7, 11) is 0. The summed E-state index contributed by atoms with van der Waals surface area (Å²) in [6.45, 7) is 29.2. The van der Waals surface area contributed by atoms with Gasteiger partial charge in [-0.2, -0.15) is 0 Å². The molecule has 13 atom stereocenters. The van der Waals surface area contributed by atoms with Crippen LogP contribution in [-0.2, 0) is 0 Å². The first-order valence-corrected chi connectivity index (χ1v) is 12.3. The Morgan fingerprint density at radius 1 is 0.778 bits per heavy atom. The van der Waals surface area contributed by atoms with Crippen molar-refractivity contribution >= 4 is 0 Å². The van der Waals surface area contributed by atoms with E-state index >= 15 is 0 Å². The minimum atomic E-state index is 0.497. The maximum absolute atomic E-state index is 2.80. The first-order valence-electron chi connectivity index (χ1n) is 12.3. The van der Waals surface area contributed by atoms with Crippen LogP contribution in [0.15, 0.2) is 0 Å². The highest BCUT2D eigenvalue weighted by atomic mass is 15.0. The molecule has 13 unspecified atom stereocenters. The quantitative estimate of drug-likeness (QED) is 0.471. The van der Waals surface area contributed by atoms with Crippen LogP contribution in [0.2, 0.25) is 0 Å². The Morgan fingerprint density at radius 3 is 1.89 bits per heavy atom. The van der Waals surface area contributed by atoms with Gasteiger partial charge in [-0.3, -0.25) is 0 Å². The molecular formula is C27H46. The minimum absolute atomic E-state index is 0.497. The zero-order valence-corrected chi connectivity index (χ0v) is 20.1. The molecule has 27 heavy (non-hydrogen) atoms. The highest BCUT2D eigenvalue weighted by molar-refractivity contribution is 5.42. The first-order chi connectivity index (χ1) is 12.3. The van der Waals surface area contributed by atoms with Crippen LogP contribution in [0.4, 0.5) is 0 Å². The van der Waals surface area contributed by atoms with E-state index in [2.05, 4.69) is 76.2 Å². The predicted octanol–water partition coefficient (Wildman–Crippen LogP) is 7.53. The highest BCUT2D eigenvalue weighted by Crippen LogP contribution is 2.99. The van der Waals surface area contributed by atoms with E-state index in [1.807, 2.05) is 0 Å². The zero-order valence-electron chi connectivity index (χ0n) is 20.1. The first kappa shape index (κ1) is 19.0. The number of hydrogen-bond acceptors (Lipinski definition) is 0. The molecule has 0 heterocycles. The van der Waals surface area contributed by atoms with Gasteiger partial charge in [-0.25, -0.2) is 0 Å². The largest absolute Gasteiger partial charge is 0.0651 e. The summed E-state index contributed by atoms with van der Waals surface area (Å²) >= 11 is 0. The second-order valence-corrected chi connectivity index (χ2v) is 13.4. The molecule has 5 rings (SSSR count). The molecule has 0 spiro atoms. The number of fused-ring (bicyclic) bond motifs is 9. The van der Waals surface area contributed by atoms with Crippen molar-refractivity contribution in [3.8, 4) is 0 Å². The Labute approximate surface area is 169 Å². The Kier molecular flexibility index (Phi) is 3.28. The standard InChI is InChI=1S/C27H46/c1-12-18-13-15(4)24(8)21(18)22-20-16(5)19-17(6)23(7,14(2)3)25(19,9)27(20,11)26(22,24)10/h14-22H,12-13H2,1-11H3. The molecule has 5 aliphatic carbocycles. The normalized spacial score (nSPS) is 71.1. The van der Waals surface area contributed by atoms with Gasteiger partial charge in [0.1, 0.15) is 0 Å². The molecule has 0 saturated heterocycles. The molecule has 0 amide bonds. The van der Waals surface area contributed by atoms with E-state index in [1.54, 1.807) is 0 Å². The molecule has 0 radical (unpaired) electrons. The maximum Gasteiger partial charge on any atom is -0.0168 e. The Balaban J connectivity index is 1.68. The van der Waals surface area contributed by atoms with E-state index in [1.165, 1.54) is 12.8 Å². The van der Waals surface area contributed by atoms with E-state index in [9.17, 15) is 0 Å². The summed E-state index contributed by atoms with van der Waals surface area (Å²) in [5.74, 6) is 8.47.